The number of unbranched alkanes of at least 4 members (excludes halogenated alkanes) is 1. The van der Waals surface area contributed by atoms with Crippen molar-refractivity contribution in [3.05, 3.63) is 98.5 Å². The summed E-state index contributed by atoms with van der Waals surface area (Å²) in [4.78, 5) is 29.2. The lowest BCUT2D eigenvalue weighted by molar-refractivity contribution is -0.140. The normalized spacial score (nSPS) is 12.0. The summed E-state index contributed by atoms with van der Waals surface area (Å²) in [6, 6.07) is 18.1. The Morgan fingerprint density at radius 2 is 1.61 bits per heavy atom. The maximum Gasteiger partial charge on any atom is 0.244 e. The van der Waals surface area contributed by atoms with E-state index in [1.54, 1.807) is 43.3 Å². The number of sulfonamides is 1. The van der Waals surface area contributed by atoms with Crippen molar-refractivity contribution in [3.8, 4) is 0 Å². The Labute approximate surface area is 257 Å². The van der Waals surface area contributed by atoms with Crippen molar-refractivity contribution in [2.24, 2.45) is 0 Å². The van der Waals surface area contributed by atoms with Crippen LogP contribution in [0, 0.1) is 6.92 Å². The summed E-state index contributed by atoms with van der Waals surface area (Å²) in [6.45, 7) is 3.52. The number of halogens is 3. The fourth-order valence-electron chi connectivity index (χ4n) is 4.41. The Morgan fingerprint density at radius 3 is 2.20 bits per heavy atom. The van der Waals surface area contributed by atoms with E-state index < -0.39 is 28.5 Å². The first-order valence-corrected chi connectivity index (χ1v) is 16.2. The number of carbonyl (C=O) groups excluding carboxylic acids is 2. The quantitative estimate of drug-likeness (QED) is 0.223. The van der Waals surface area contributed by atoms with E-state index in [0.717, 1.165) is 29.0 Å². The van der Waals surface area contributed by atoms with Crippen molar-refractivity contribution in [1.29, 1.82) is 0 Å². The third kappa shape index (κ3) is 9.10. The number of amides is 2. The molecular weight excluding hydrogens is 605 g/mol. The molecule has 3 aromatic rings. The van der Waals surface area contributed by atoms with Crippen molar-refractivity contribution in [3.63, 3.8) is 0 Å². The molecule has 0 saturated carbocycles. The average Bonchev–Trinajstić information content (AvgIpc) is 2.91. The van der Waals surface area contributed by atoms with Crippen LogP contribution < -0.4 is 9.62 Å². The maximum absolute atomic E-state index is 14.2. The van der Waals surface area contributed by atoms with E-state index in [1.807, 2.05) is 37.3 Å². The van der Waals surface area contributed by atoms with E-state index in [0.29, 0.717) is 38.4 Å². The van der Waals surface area contributed by atoms with Gasteiger partial charge in [-0.05, 0) is 54.8 Å². The molecule has 0 radical (unpaired) electrons. The predicted molar refractivity (Wildman–Crippen MR) is 167 cm³/mol. The number of benzene rings is 3. The molecule has 11 heteroatoms. The average molecular weight is 639 g/mol. The van der Waals surface area contributed by atoms with E-state index in [9.17, 15) is 18.0 Å². The zero-order chi connectivity index (χ0) is 30.2. The third-order valence-electron chi connectivity index (χ3n) is 6.60. The molecule has 0 heterocycles. The fraction of sp³-hybridized carbons (Fsp3) is 0.333. The molecule has 7 nitrogen and oxygen atoms in total. The summed E-state index contributed by atoms with van der Waals surface area (Å²) in [5.74, 6) is -0.945. The smallest absolute Gasteiger partial charge is 0.244 e. The molecule has 1 atom stereocenters. The third-order valence-corrected chi connectivity index (χ3v) is 8.67. The van der Waals surface area contributed by atoms with Crippen LogP contribution in [0.2, 0.25) is 15.1 Å². The molecule has 0 aliphatic rings. The second kappa shape index (κ2) is 14.9. The second-order valence-corrected chi connectivity index (χ2v) is 12.9. The molecule has 0 aliphatic heterocycles. The molecule has 0 fully saturated rings. The number of aryl methyl sites for hydroxylation is 1. The Balaban J connectivity index is 2.10. The van der Waals surface area contributed by atoms with Gasteiger partial charge in [0, 0.05) is 40.1 Å². The monoisotopic (exact) mass is 637 g/mol. The number of anilines is 1. The molecule has 0 spiro atoms. The van der Waals surface area contributed by atoms with Crippen LogP contribution in [0.4, 0.5) is 5.69 Å². The molecule has 0 saturated heterocycles. The molecule has 0 aromatic heterocycles. The summed E-state index contributed by atoms with van der Waals surface area (Å²) < 4.78 is 27.0. The van der Waals surface area contributed by atoms with Gasteiger partial charge >= 0.3 is 0 Å². The van der Waals surface area contributed by atoms with Crippen LogP contribution in [0.15, 0.2) is 66.7 Å². The highest BCUT2D eigenvalue weighted by Crippen LogP contribution is 2.29. The van der Waals surface area contributed by atoms with Gasteiger partial charge in [-0.1, -0.05) is 84.5 Å². The Hall–Kier alpha value is -2.78. The SMILES string of the molecule is CCCCNC(=O)C(Cc1ccccc1)N(Cc1c(Cl)cccc1Cl)C(=O)CN(c1ccc(Cl)cc1C)S(C)(=O)=O. The highest BCUT2D eigenvalue weighted by Gasteiger charge is 2.34. The minimum atomic E-state index is -3.90. The summed E-state index contributed by atoms with van der Waals surface area (Å²) in [6.07, 6.45) is 2.88. The highest BCUT2D eigenvalue weighted by molar-refractivity contribution is 7.92. The van der Waals surface area contributed by atoms with Gasteiger partial charge in [0.2, 0.25) is 21.8 Å². The Bertz CT molecular complexity index is 1450. The second-order valence-electron chi connectivity index (χ2n) is 9.77. The molecule has 1 unspecified atom stereocenters. The largest absolute Gasteiger partial charge is 0.354 e. The number of rotatable bonds is 13. The van der Waals surface area contributed by atoms with E-state index in [1.165, 1.54) is 4.90 Å². The van der Waals surface area contributed by atoms with Gasteiger partial charge in [-0.2, -0.15) is 0 Å². The van der Waals surface area contributed by atoms with E-state index in [-0.39, 0.29) is 18.9 Å². The summed E-state index contributed by atoms with van der Waals surface area (Å²) >= 11 is 19.1. The number of hydrogen-bond acceptors (Lipinski definition) is 4. The van der Waals surface area contributed by atoms with E-state index in [2.05, 4.69) is 5.32 Å². The molecule has 3 rings (SSSR count). The van der Waals surface area contributed by atoms with Gasteiger partial charge < -0.3 is 10.2 Å². The standard InChI is InChI=1S/C30H34Cl3N3O4S/c1-4-5-16-34-30(38)28(18-22-10-7-6-8-11-22)35(19-24-25(32)12-9-13-26(24)33)29(37)20-36(41(3,39)40)27-15-14-23(31)17-21(27)2/h6-15,17,28H,4-5,16,18-20H2,1-3H3,(H,34,38). The van der Waals surface area contributed by atoms with Crippen molar-refractivity contribution in [2.75, 3.05) is 23.7 Å². The first-order chi connectivity index (χ1) is 19.4. The Kier molecular flexibility index (Phi) is 11.9. The van der Waals surface area contributed by atoms with Crippen molar-refractivity contribution >= 4 is 62.3 Å². The van der Waals surface area contributed by atoms with Crippen molar-refractivity contribution < 1.29 is 18.0 Å². The van der Waals surface area contributed by atoms with Crippen LogP contribution in [0.5, 0.6) is 0 Å². The number of nitrogens with one attached hydrogen (secondary N) is 1. The van der Waals surface area contributed by atoms with Crippen LogP contribution >= 0.6 is 34.8 Å². The molecule has 0 bridgehead atoms. The first-order valence-electron chi connectivity index (χ1n) is 13.2. The van der Waals surface area contributed by atoms with Crippen LogP contribution in [-0.4, -0.2) is 50.5 Å². The van der Waals surface area contributed by atoms with Gasteiger partial charge in [-0.25, -0.2) is 8.42 Å². The Morgan fingerprint density at radius 1 is 0.951 bits per heavy atom. The molecule has 0 aliphatic carbocycles. The molecule has 41 heavy (non-hydrogen) atoms. The van der Waals surface area contributed by atoms with Crippen molar-refractivity contribution in [2.45, 2.75) is 45.7 Å². The summed E-state index contributed by atoms with van der Waals surface area (Å²) in [5, 5.41) is 4.03. The zero-order valence-electron chi connectivity index (χ0n) is 23.2. The predicted octanol–water partition coefficient (Wildman–Crippen LogP) is 6.28. The first kappa shape index (κ1) is 32.7. The minimum absolute atomic E-state index is 0.104. The van der Waals surface area contributed by atoms with Crippen molar-refractivity contribution in [1.82, 2.24) is 10.2 Å². The zero-order valence-corrected chi connectivity index (χ0v) is 26.3. The van der Waals surface area contributed by atoms with Crippen LogP contribution in [-0.2, 0) is 32.6 Å². The summed E-state index contributed by atoms with van der Waals surface area (Å²) in [7, 11) is -3.90. The van der Waals surface area contributed by atoms with Gasteiger partial charge in [0.05, 0.1) is 11.9 Å². The lowest BCUT2D eigenvalue weighted by Crippen LogP contribution is -2.53. The van der Waals surface area contributed by atoms with Crippen LogP contribution in [0.3, 0.4) is 0 Å². The molecule has 2 amide bonds. The molecule has 1 N–H and O–H groups in total. The lowest BCUT2D eigenvalue weighted by atomic mass is 10.0. The van der Waals surface area contributed by atoms with Crippen LogP contribution in [0.1, 0.15) is 36.5 Å². The lowest BCUT2D eigenvalue weighted by Gasteiger charge is -2.34. The van der Waals surface area contributed by atoms with Gasteiger partial charge in [-0.3, -0.25) is 13.9 Å². The van der Waals surface area contributed by atoms with Gasteiger partial charge in [0.25, 0.3) is 0 Å². The maximum atomic E-state index is 14.2. The number of carbonyl (C=O) groups is 2. The highest BCUT2D eigenvalue weighted by atomic mass is 35.5. The fourth-order valence-corrected chi connectivity index (χ4v) is 6.06. The van der Waals surface area contributed by atoms with Crippen LogP contribution in [0.25, 0.3) is 0 Å². The van der Waals surface area contributed by atoms with E-state index in [4.69, 9.17) is 34.8 Å². The molecule has 220 valence electrons. The van der Waals surface area contributed by atoms with Gasteiger partial charge in [-0.15, -0.1) is 0 Å². The molecule has 3 aromatic carbocycles. The summed E-state index contributed by atoms with van der Waals surface area (Å²) in [5.41, 5.74) is 2.18. The van der Waals surface area contributed by atoms with E-state index >= 15 is 0 Å². The van der Waals surface area contributed by atoms with Gasteiger partial charge in [0.15, 0.2) is 0 Å². The molecular formula is C30H34Cl3N3O4S. The van der Waals surface area contributed by atoms with Gasteiger partial charge in [0.1, 0.15) is 12.6 Å². The topological polar surface area (TPSA) is 86.8 Å². The minimum Gasteiger partial charge on any atom is -0.354 e. The number of hydrogen-bond donors (Lipinski definition) is 1. The number of nitrogens with zero attached hydrogens (tertiary/aromatic N) is 2.